The second-order valence-electron chi connectivity index (χ2n) is 4.42. The average Bonchev–Trinajstić information content (AvgIpc) is 2.33. The highest BCUT2D eigenvalue weighted by atomic mass is 16.5. The van der Waals surface area contributed by atoms with E-state index in [0.717, 1.165) is 25.7 Å². The lowest BCUT2D eigenvalue weighted by molar-refractivity contribution is -0.123. The summed E-state index contributed by atoms with van der Waals surface area (Å²) in [5.41, 5.74) is 0. The van der Waals surface area contributed by atoms with Crippen molar-refractivity contribution in [2.45, 2.75) is 58.5 Å². The molecule has 0 aliphatic heterocycles. The van der Waals surface area contributed by atoms with Crippen molar-refractivity contribution >= 4 is 5.91 Å². The summed E-state index contributed by atoms with van der Waals surface area (Å²) in [6, 6.07) is 0.328. The van der Waals surface area contributed by atoms with Gasteiger partial charge in [-0.05, 0) is 26.2 Å². The highest BCUT2D eigenvalue weighted by molar-refractivity contribution is 5.81. The van der Waals surface area contributed by atoms with Gasteiger partial charge in [-0.1, -0.05) is 20.3 Å². The minimum atomic E-state index is -0.117. The van der Waals surface area contributed by atoms with E-state index in [9.17, 15) is 4.79 Å². The van der Waals surface area contributed by atoms with E-state index >= 15 is 0 Å². The Labute approximate surface area is 105 Å². The fourth-order valence-corrected chi connectivity index (χ4v) is 1.76. The van der Waals surface area contributed by atoms with Crippen molar-refractivity contribution in [1.29, 1.82) is 0 Å². The van der Waals surface area contributed by atoms with Crippen LogP contribution < -0.4 is 10.6 Å². The van der Waals surface area contributed by atoms with Gasteiger partial charge in [-0.25, -0.2) is 0 Å². The SMILES string of the molecule is CCCC(CC)NC(C)C(=O)NCCCOC. The third-order valence-corrected chi connectivity index (χ3v) is 2.83. The van der Waals surface area contributed by atoms with Crippen LogP contribution in [0.15, 0.2) is 0 Å². The van der Waals surface area contributed by atoms with Crippen LogP contribution in [0.4, 0.5) is 0 Å². The Morgan fingerprint density at radius 3 is 2.59 bits per heavy atom. The van der Waals surface area contributed by atoms with Gasteiger partial charge >= 0.3 is 0 Å². The number of methoxy groups -OCH3 is 1. The maximum Gasteiger partial charge on any atom is 0.236 e. The Balaban J connectivity index is 3.78. The number of nitrogens with one attached hydrogen (secondary N) is 2. The van der Waals surface area contributed by atoms with E-state index in [2.05, 4.69) is 24.5 Å². The van der Waals surface area contributed by atoms with Crippen LogP contribution in [-0.2, 0) is 9.53 Å². The monoisotopic (exact) mass is 244 g/mol. The maximum atomic E-state index is 11.7. The Morgan fingerprint density at radius 1 is 1.35 bits per heavy atom. The topological polar surface area (TPSA) is 50.4 Å². The molecule has 0 rings (SSSR count). The lowest BCUT2D eigenvalue weighted by Gasteiger charge is -2.21. The largest absolute Gasteiger partial charge is 0.385 e. The molecule has 0 aromatic carbocycles. The first-order valence-corrected chi connectivity index (χ1v) is 6.68. The van der Waals surface area contributed by atoms with Crippen LogP contribution >= 0.6 is 0 Å². The van der Waals surface area contributed by atoms with Crippen molar-refractivity contribution < 1.29 is 9.53 Å². The van der Waals surface area contributed by atoms with Gasteiger partial charge in [0.05, 0.1) is 6.04 Å². The van der Waals surface area contributed by atoms with Crippen LogP contribution in [0.3, 0.4) is 0 Å². The van der Waals surface area contributed by atoms with Crippen molar-refractivity contribution in [1.82, 2.24) is 10.6 Å². The Hall–Kier alpha value is -0.610. The number of rotatable bonds is 10. The molecule has 0 bridgehead atoms. The molecule has 17 heavy (non-hydrogen) atoms. The van der Waals surface area contributed by atoms with Crippen LogP contribution in [0.1, 0.15) is 46.5 Å². The second-order valence-corrected chi connectivity index (χ2v) is 4.42. The molecule has 0 aromatic rings. The molecule has 0 heterocycles. The summed E-state index contributed by atoms with van der Waals surface area (Å²) in [6.07, 6.45) is 4.20. The molecule has 0 radical (unpaired) electrons. The molecular weight excluding hydrogens is 216 g/mol. The summed E-state index contributed by atoms with van der Waals surface area (Å²) in [6.45, 7) is 7.61. The van der Waals surface area contributed by atoms with Crippen LogP contribution in [-0.4, -0.2) is 38.3 Å². The molecule has 0 saturated heterocycles. The molecule has 4 heteroatoms. The molecule has 0 aromatic heterocycles. The quantitative estimate of drug-likeness (QED) is 0.575. The van der Waals surface area contributed by atoms with Gasteiger partial charge in [0.1, 0.15) is 0 Å². The molecule has 2 N–H and O–H groups in total. The lowest BCUT2D eigenvalue weighted by atomic mass is 10.1. The minimum absolute atomic E-state index is 0.0793. The first kappa shape index (κ1) is 16.4. The zero-order valence-electron chi connectivity index (χ0n) is 11.7. The summed E-state index contributed by atoms with van der Waals surface area (Å²) in [5, 5.41) is 6.27. The Morgan fingerprint density at radius 2 is 2.06 bits per heavy atom. The summed E-state index contributed by atoms with van der Waals surface area (Å²) < 4.78 is 4.93. The maximum absolute atomic E-state index is 11.7. The Bertz CT molecular complexity index is 198. The fraction of sp³-hybridized carbons (Fsp3) is 0.923. The number of hydrogen-bond acceptors (Lipinski definition) is 3. The van der Waals surface area contributed by atoms with Crippen LogP contribution in [0.2, 0.25) is 0 Å². The first-order chi connectivity index (χ1) is 8.15. The van der Waals surface area contributed by atoms with Crippen molar-refractivity contribution in [3.05, 3.63) is 0 Å². The molecule has 102 valence electrons. The summed E-state index contributed by atoms with van der Waals surface area (Å²) in [4.78, 5) is 11.7. The van der Waals surface area contributed by atoms with E-state index in [4.69, 9.17) is 4.74 Å². The molecule has 0 fully saturated rings. The molecule has 0 aliphatic carbocycles. The standard InChI is InChI=1S/C13H28N2O2/c1-5-8-12(6-2)15-11(3)13(16)14-9-7-10-17-4/h11-12,15H,5-10H2,1-4H3,(H,14,16). The number of amides is 1. The van der Waals surface area contributed by atoms with Crippen molar-refractivity contribution in [3.63, 3.8) is 0 Å². The highest BCUT2D eigenvalue weighted by Crippen LogP contribution is 2.02. The molecule has 0 aliphatic rings. The van der Waals surface area contributed by atoms with Crippen molar-refractivity contribution in [2.75, 3.05) is 20.3 Å². The van der Waals surface area contributed by atoms with Gasteiger partial charge < -0.3 is 15.4 Å². The minimum Gasteiger partial charge on any atom is -0.385 e. The number of carbonyl (C=O) groups is 1. The normalized spacial score (nSPS) is 14.4. The lowest BCUT2D eigenvalue weighted by Crippen LogP contribution is -2.46. The van der Waals surface area contributed by atoms with Gasteiger partial charge in [0.25, 0.3) is 0 Å². The van der Waals surface area contributed by atoms with E-state index in [0.29, 0.717) is 19.2 Å². The smallest absolute Gasteiger partial charge is 0.236 e. The zero-order valence-corrected chi connectivity index (χ0v) is 11.7. The molecule has 0 spiro atoms. The van der Waals surface area contributed by atoms with Gasteiger partial charge in [0.15, 0.2) is 0 Å². The number of carbonyl (C=O) groups excluding carboxylic acids is 1. The van der Waals surface area contributed by atoms with Gasteiger partial charge in [-0.15, -0.1) is 0 Å². The molecular formula is C13H28N2O2. The van der Waals surface area contributed by atoms with Crippen LogP contribution in [0.25, 0.3) is 0 Å². The summed E-state index contributed by atoms with van der Waals surface area (Å²) >= 11 is 0. The van der Waals surface area contributed by atoms with Gasteiger partial charge in [-0.3, -0.25) is 4.79 Å². The Kier molecular flexibility index (Phi) is 10.2. The highest BCUT2D eigenvalue weighted by Gasteiger charge is 2.15. The van der Waals surface area contributed by atoms with E-state index in [1.54, 1.807) is 7.11 Å². The van der Waals surface area contributed by atoms with Crippen LogP contribution in [0, 0.1) is 0 Å². The average molecular weight is 244 g/mol. The molecule has 1 amide bonds. The third kappa shape index (κ3) is 8.16. The second kappa shape index (κ2) is 10.5. The van der Waals surface area contributed by atoms with Crippen LogP contribution in [0.5, 0.6) is 0 Å². The number of ether oxygens (including phenoxy) is 1. The predicted molar refractivity (Wildman–Crippen MR) is 71.1 cm³/mol. The van der Waals surface area contributed by atoms with E-state index in [-0.39, 0.29) is 11.9 Å². The van der Waals surface area contributed by atoms with E-state index < -0.39 is 0 Å². The molecule has 4 nitrogen and oxygen atoms in total. The molecule has 0 saturated carbocycles. The summed E-state index contributed by atoms with van der Waals surface area (Å²) in [5.74, 6) is 0.0793. The van der Waals surface area contributed by atoms with Crippen molar-refractivity contribution in [3.8, 4) is 0 Å². The van der Waals surface area contributed by atoms with Gasteiger partial charge in [-0.2, -0.15) is 0 Å². The molecule has 2 unspecified atom stereocenters. The zero-order chi connectivity index (χ0) is 13.1. The number of hydrogen-bond donors (Lipinski definition) is 2. The van der Waals surface area contributed by atoms with Gasteiger partial charge in [0, 0.05) is 26.3 Å². The first-order valence-electron chi connectivity index (χ1n) is 6.68. The van der Waals surface area contributed by atoms with Crippen molar-refractivity contribution in [2.24, 2.45) is 0 Å². The van der Waals surface area contributed by atoms with E-state index in [1.807, 2.05) is 6.92 Å². The molecule has 2 atom stereocenters. The predicted octanol–water partition coefficient (Wildman–Crippen LogP) is 1.70. The third-order valence-electron chi connectivity index (χ3n) is 2.83. The van der Waals surface area contributed by atoms with E-state index in [1.165, 1.54) is 0 Å². The fourth-order valence-electron chi connectivity index (χ4n) is 1.76. The van der Waals surface area contributed by atoms with Gasteiger partial charge in [0.2, 0.25) is 5.91 Å². The summed E-state index contributed by atoms with van der Waals surface area (Å²) in [7, 11) is 1.67.